The molecule has 1 rings (SSSR count). The first kappa shape index (κ1) is 19.6. The minimum atomic E-state index is -1.12. The van der Waals surface area contributed by atoms with Gasteiger partial charge in [0, 0.05) is 17.9 Å². The minimum Gasteiger partial charge on any atom is -0.480 e. The summed E-state index contributed by atoms with van der Waals surface area (Å²) in [6.45, 7) is 4.40. The molecule has 2 amide bonds. The number of rotatable bonds is 10. The number of carboxylic acid groups (broad SMARTS) is 1. The fourth-order valence-electron chi connectivity index (χ4n) is 1.71. The van der Waals surface area contributed by atoms with Gasteiger partial charge >= 0.3 is 5.97 Å². The Bertz CT molecular complexity index is 558. The quantitative estimate of drug-likeness (QED) is 0.546. The molecule has 3 N–H and O–H groups in total. The first-order valence-corrected chi connectivity index (χ1v) is 7.54. The molecule has 1 aromatic carbocycles. The summed E-state index contributed by atoms with van der Waals surface area (Å²) in [5, 5.41) is 13.4. The highest BCUT2D eigenvalue weighted by atomic mass is 16.5. The Morgan fingerprint density at radius 1 is 1.17 bits per heavy atom. The van der Waals surface area contributed by atoms with Crippen molar-refractivity contribution in [2.45, 2.75) is 20.0 Å². The molecule has 0 heterocycles. The van der Waals surface area contributed by atoms with Gasteiger partial charge in [-0.1, -0.05) is 0 Å². The van der Waals surface area contributed by atoms with Crippen LogP contribution in [0.1, 0.15) is 24.2 Å². The van der Waals surface area contributed by atoms with Crippen molar-refractivity contribution >= 4 is 23.5 Å². The molecule has 8 heteroatoms. The van der Waals surface area contributed by atoms with Crippen LogP contribution in [0.3, 0.4) is 0 Å². The molecule has 1 aromatic rings. The number of benzene rings is 1. The molecule has 8 nitrogen and oxygen atoms in total. The molecule has 1 unspecified atom stereocenters. The molecule has 24 heavy (non-hydrogen) atoms. The van der Waals surface area contributed by atoms with E-state index in [-0.39, 0.29) is 5.91 Å². The fourth-order valence-corrected chi connectivity index (χ4v) is 1.71. The molecule has 0 aliphatic rings. The van der Waals surface area contributed by atoms with E-state index in [1.54, 1.807) is 19.1 Å². The van der Waals surface area contributed by atoms with Gasteiger partial charge in [0.2, 0.25) is 0 Å². The van der Waals surface area contributed by atoms with Gasteiger partial charge in [0.25, 0.3) is 11.8 Å². The maximum Gasteiger partial charge on any atom is 0.322 e. The molecule has 0 saturated heterocycles. The van der Waals surface area contributed by atoms with E-state index >= 15 is 0 Å². The Balaban J connectivity index is 2.46. The fraction of sp³-hybridized carbons (Fsp3) is 0.438. The summed E-state index contributed by atoms with van der Waals surface area (Å²) in [7, 11) is 0. The van der Waals surface area contributed by atoms with Crippen molar-refractivity contribution < 1.29 is 29.0 Å². The Morgan fingerprint density at radius 2 is 1.83 bits per heavy atom. The van der Waals surface area contributed by atoms with Gasteiger partial charge < -0.3 is 25.2 Å². The van der Waals surface area contributed by atoms with Crippen LogP contribution in [0.25, 0.3) is 0 Å². The number of anilines is 1. The number of hydrogen-bond donors (Lipinski definition) is 3. The van der Waals surface area contributed by atoms with Crippen molar-refractivity contribution in [2.75, 3.05) is 31.7 Å². The zero-order valence-corrected chi connectivity index (χ0v) is 13.7. The minimum absolute atomic E-state index is 0.301. The number of hydrogen-bond acceptors (Lipinski definition) is 5. The molecule has 0 fully saturated rings. The van der Waals surface area contributed by atoms with Crippen LogP contribution in [0.2, 0.25) is 0 Å². The highest BCUT2D eigenvalue weighted by Crippen LogP contribution is 2.10. The number of carboxylic acids is 1. The Kier molecular flexibility index (Phi) is 8.45. The second-order valence-corrected chi connectivity index (χ2v) is 4.85. The van der Waals surface area contributed by atoms with Crippen LogP contribution in [0.15, 0.2) is 24.3 Å². The highest BCUT2D eigenvalue weighted by molar-refractivity contribution is 5.97. The lowest BCUT2D eigenvalue weighted by molar-refractivity contribution is -0.135. The topological polar surface area (TPSA) is 114 Å². The lowest BCUT2D eigenvalue weighted by Gasteiger charge is -2.13. The van der Waals surface area contributed by atoms with Crippen LogP contribution in [0.5, 0.6) is 0 Å². The third-order valence-corrected chi connectivity index (χ3v) is 2.98. The molecular weight excluding hydrogens is 316 g/mol. The predicted octanol–water partition coefficient (Wildman–Crippen LogP) is 0.881. The normalized spacial score (nSPS) is 11.6. The van der Waals surface area contributed by atoms with E-state index in [9.17, 15) is 14.4 Å². The Hall–Kier alpha value is -2.45. The molecule has 0 spiro atoms. The number of aliphatic carboxylic acids is 1. The van der Waals surface area contributed by atoms with Crippen LogP contribution >= 0.6 is 0 Å². The third kappa shape index (κ3) is 7.21. The van der Waals surface area contributed by atoms with Gasteiger partial charge in [0.05, 0.1) is 13.2 Å². The first-order chi connectivity index (χ1) is 11.4. The van der Waals surface area contributed by atoms with E-state index in [1.807, 2.05) is 6.92 Å². The molecule has 0 aromatic heterocycles. The van der Waals surface area contributed by atoms with Gasteiger partial charge in [-0.3, -0.25) is 14.4 Å². The molecule has 0 saturated carbocycles. The molecule has 0 aliphatic heterocycles. The van der Waals surface area contributed by atoms with E-state index < -0.39 is 24.5 Å². The van der Waals surface area contributed by atoms with Gasteiger partial charge in [-0.05, 0) is 38.1 Å². The average molecular weight is 338 g/mol. The van der Waals surface area contributed by atoms with E-state index in [0.717, 1.165) is 0 Å². The van der Waals surface area contributed by atoms with Gasteiger partial charge in [-0.2, -0.15) is 0 Å². The Morgan fingerprint density at radius 3 is 2.42 bits per heavy atom. The third-order valence-electron chi connectivity index (χ3n) is 2.98. The summed E-state index contributed by atoms with van der Waals surface area (Å²) in [5.41, 5.74) is 0.810. The lowest BCUT2D eigenvalue weighted by Crippen LogP contribution is -2.29. The lowest BCUT2D eigenvalue weighted by atomic mass is 10.2. The number of nitrogens with one attached hydrogen (secondary N) is 2. The van der Waals surface area contributed by atoms with E-state index in [4.69, 9.17) is 14.6 Å². The molecule has 0 aliphatic carbocycles. The monoisotopic (exact) mass is 338 g/mol. The number of amides is 2. The van der Waals surface area contributed by atoms with Gasteiger partial charge in [0.15, 0.2) is 0 Å². The van der Waals surface area contributed by atoms with Gasteiger partial charge in [0.1, 0.15) is 12.6 Å². The van der Waals surface area contributed by atoms with Crippen LogP contribution in [0.4, 0.5) is 5.69 Å². The van der Waals surface area contributed by atoms with Crippen LogP contribution in [-0.4, -0.2) is 55.4 Å². The molecule has 0 radical (unpaired) electrons. The summed E-state index contributed by atoms with van der Waals surface area (Å²) in [4.78, 5) is 34.0. The van der Waals surface area contributed by atoms with Gasteiger partial charge in [-0.15, -0.1) is 0 Å². The van der Waals surface area contributed by atoms with E-state index in [2.05, 4.69) is 10.6 Å². The second-order valence-electron chi connectivity index (χ2n) is 4.85. The van der Waals surface area contributed by atoms with Crippen molar-refractivity contribution in [2.24, 2.45) is 0 Å². The summed E-state index contributed by atoms with van der Waals surface area (Å²) in [6.07, 6.45) is -0.635. The standard InChI is InChI=1S/C16H22N2O6/c1-3-23-8-9-24-11(2)15(21)18-13-6-4-12(5-7-13)16(22)17-10-14(19)20/h4-7,11H,3,8-10H2,1-2H3,(H,17,22)(H,18,21)(H,19,20). The maximum atomic E-state index is 12.0. The summed E-state index contributed by atoms with van der Waals surface area (Å²) in [6, 6.07) is 6.10. The first-order valence-electron chi connectivity index (χ1n) is 7.54. The zero-order valence-electron chi connectivity index (χ0n) is 13.7. The Labute approximate surface area is 140 Å². The second kappa shape index (κ2) is 10.3. The largest absolute Gasteiger partial charge is 0.480 e. The number of carbonyl (C=O) groups is 3. The summed E-state index contributed by atoms with van der Waals surface area (Å²) in [5.74, 6) is -1.93. The molecule has 0 bridgehead atoms. The number of carbonyl (C=O) groups excluding carboxylic acids is 2. The van der Waals surface area contributed by atoms with Crippen molar-refractivity contribution in [3.05, 3.63) is 29.8 Å². The summed E-state index contributed by atoms with van der Waals surface area (Å²) >= 11 is 0. The van der Waals surface area contributed by atoms with Crippen molar-refractivity contribution in [1.29, 1.82) is 0 Å². The van der Waals surface area contributed by atoms with Crippen molar-refractivity contribution in [3.63, 3.8) is 0 Å². The average Bonchev–Trinajstić information content (AvgIpc) is 2.57. The van der Waals surface area contributed by atoms with Crippen molar-refractivity contribution in [3.8, 4) is 0 Å². The predicted molar refractivity (Wildman–Crippen MR) is 86.9 cm³/mol. The smallest absolute Gasteiger partial charge is 0.322 e. The van der Waals surface area contributed by atoms with E-state index in [0.29, 0.717) is 31.1 Å². The SMILES string of the molecule is CCOCCOC(C)C(=O)Nc1ccc(C(=O)NCC(=O)O)cc1. The zero-order chi connectivity index (χ0) is 17.9. The molecule has 132 valence electrons. The van der Waals surface area contributed by atoms with Crippen molar-refractivity contribution in [1.82, 2.24) is 5.32 Å². The number of ether oxygens (including phenoxy) is 2. The highest BCUT2D eigenvalue weighted by Gasteiger charge is 2.14. The summed E-state index contributed by atoms with van der Waals surface area (Å²) < 4.78 is 10.5. The van der Waals surface area contributed by atoms with Gasteiger partial charge in [-0.25, -0.2) is 0 Å². The maximum absolute atomic E-state index is 12.0. The van der Waals surface area contributed by atoms with Crippen LogP contribution in [-0.2, 0) is 19.1 Å². The molecular formula is C16H22N2O6. The van der Waals surface area contributed by atoms with Crippen LogP contribution < -0.4 is 10.6 Å². The molecule has 1 atom stereocenters. The van der Waals surface area contributed by atoms with E-state index in [1.165, 1.54) is 12.1 Å². The van der Waals surface area contributed by atoms with Crippen LogP contribution in [0, 0.1) is 0 Å².